The molecule has 2 atom stereocenters. The standard InChI is InChI=1S/C25H30N6O2.C22H25N5O3/c32-24(27-19-5-6-19)18-3-7-20(8-4-18)30-12-10-29(11-13-30)16-17-14-21-23(26-15-17)31-9-1-2-22(31)25(33)28-21;28-21-19-2-1-7-27(19)20-18(24-21)12-15(13-23-20)14-25-8-10-26(11-9-25)17-5-3-16(4-6-17)22(29)30/h3-4,7-8,14-15,19,22H,1-2,5-6,9-13,16H2,(H,27,32)(H,28,33);3-6,12-13,19H,1-2,7-11,14H2,(H,24,28)(H,29,30)/t22-;19-/m00/s1. The Balaban J connectivity index is 0.000000150. The molecule has 0 spiro atoms. The molecule has 4 saturated heterocycles. The Kier molecular flexibility index (Phi) is 11.3. The molecule has 16 nitrogen and oxygen atoms in total. The van der Waals surface area contributed by atoms with Crippen molar-refractivity contribution in [3.8, 4) is 0 Å². The van der Waals surface area contributed by atoms with E-state index in [9.17, 15) is 19.2 Å². The number of nitrogens with one attached hydrogen (secondary N) is 3. The molecule has 63 heavy (non-hydrogen) atoms. The van der Waals surface area contributed by atoms with Gasteiger partial charge in [0.05, 0.1) is 16.9 Å². The molecule has 6 aliphatic heterocycles. The molecule has 0 radical (unpaired) electrons. The molecule has 2 aromatic carbocycles. The summed E-state index contributed by atoms with van der Waals surface area (Å²) in [6, 6.07) is 19.4. The lowest BCUT2D eigenvalue weighted by Gasteiger charge is -2.36. The molecule has 11 rings (SSSR count). The van der Waals surface area contributed by atoms with Gasteiger partial charge in [-0.15, -0.1) is 0 Å². The van der Waals surface area contributed by atoms with Crippen molar-refractivity contribution in [1.82, 2.24) is 25.1 Å². The summed E-state index contributed by atoms with van der Waals surface area (Å²) in [4.78, 5) is 71.1. The molecule has 2 aromatic heterocycles. The molecule has 4 N–H and O–H groups in total. The number of rotatable bonds is 9. The highest BCUT2D eigenvalue weighted by Crippen LogP contribution is 2.37. The summed E-state index contributed by atoms with van der Waals surface area (Å²) in [6.07, 6.45) is 9.98. The fraction of sp³-hybridized carbons (Fsp3) is 0.447. The largest absolute Gasteiger partial charge is 0.478 e. The molecule has 0 bridgehead atoms. The van der Waals surface area contributed by atoms with Crippen molar-refractivity contribution >= 4 is 58.1 Å². The molecule has 4 aromatic rings. The minimum absolute atomic E-state index is 0.0315. The number of nitrogens with zero attached hydrogens (tertiary/aromatic N) is 8. The van der Waals surface area contributed by atoms with Crippen LogP contribution in [0.2, 0.25) is 0 Å². The number of fused-ring (bicyclic) bond motifs is 6. The van der Waals surface area contributed by atoms with E-state index in [1.807, 2.05) is 36.7 Å². The number of carboxylic acid groups (broad SMARTS) is 1. The number of piperazine rings is 2. The number of benzene rings is 2. The minimum Gasteiger partial charge on any atom is -0.478 e. The van der Waals surface area contributed by atoms with Gasteiger partial charge in [-0.25, -0.2) is 14.8 Å². The number of hydrogen-bond donors (Lipinski definition) is 4. The van der Waals surface area contributed by atoms with Gasteiger partial charge in [-0.2, -0.15) is 0 Å². The smallest absolute Gasteiger partial charge is 0.335 e. The number of carboxylic acids is 1. The highest BCUT2D eigenvalue weighted by Gasteiger charge is 2.38. The summed E-state index contributed by atoms with van der Waals surface area (Å²) in [5, 5.41) is 18.2. The fourth-order valence-electron chi connectivity index (χ4n) is 9.81. The van der Waals surface area contributed by atoms with Crippen LogP contribution in [0, 0.1) is 0 Å². The quantitative estimate of drug-likeness (QED) is 0.189. The maximum Gasteiger partial charge on any atom is 0.335 e. The van der Waals surface area contributed by atoms with Crippen molar-refractivity contribution in [3.63, 3.8) is 0 Å². The first-order chi connectivity index (χ1) is 30.7. The number of carbonyl (C=O) groups excluding carboxylic acids is 3. The SMILES string of the molecule is O=C(NC1CC1)c1ccc(N2CCN(Cc3cnc4c(c3)NC(=O)[C@@H]3CCCN43)CC2)cc1.O=C(O)c1ccc(N2CCN(Cc3cnc4c(c3)NC(=O)[C@@H]3CCCN43)CC2)cc1. The number of anilines is 6. The first kappa shape index (κ1) is 40.8. The van der Waals surface area contributed by atoms with Crippen molar-refractivity contribution in [3.05, 3.63) is 95.3 Å². The number of hydrogen-bond acceptors (Lipinski definition) is 12. The van der Waals surface area contributed by atoms with Crippen LogP contribution in [0.15, 0.2) is 73.1 Å². The van der Waals surface area contributed by atoms with E-state index in [2.05, 4.69) is 74.6 Å². The van der Waals surface area contributed by atoms with Crippen LogP contribution in [0.1, 0.15) is 70.4 Å². The Morgan fingerprint density at radius 3 is 1.48 bits per heavy atom. The second-order valence-corrected chi connectivity index (χ2v) is 17.8. The summed E-state index contributed by atoms with van der Waals surface area (Å²) in [7, 11) is 0. The van der Waals surface area contributed by atoms with Crippen LogP contribution in [-0.2, 0) is 22.7 Å². The van der Waals surface area contributed by atoms with E-state index in [1.165, 1.54) is 0 Å². The lowest BCUT2D eigenvalue weighted by molar-refractivity contribution is -0.118. The van der Waals surface area contributed by atoms with E-state index in [0.29, 0.717) is 11.6 Å². The fourth-order valence-corrected chi connectivity index (χ4v) is 9.81. The van der Waals surface area contributed by atoms with Crippen molar-refractivity contribution in [1.29, 1.82) is 0 Å². The molecule has 328 valence electrons. The monoisotopic (exact) mass is 853 g/mol. The summed E-state index contributed by atoms with van der Waals surface area (Å²) < 4.78 is 0. The average Bonchev–Trinajstić information content (AvgIpc) is 3.71. The molecule has 1 saturated carbocycles. The van der Waals surface area contributed by atoms with E-state index in [4.69, 9.17) is 10.1 Å². The number of pyridine rings is 2. The zero-order valence-corrected chi connectivity index (χ0v) is 35.5. The third-order valence-corrected chi connectivity index (χ3v) is 13.5. The van der Waals surface area contributed by atoms with Gasteiger partial charge in [-0.05, 0) is 110 Å². The predicted molar refractivity (Wildman–Crippen MR) is 242 cm³/mol. The molecular formula is C47H55N11O5. The molecule has 1 aliphatic carbocycles. The average molecular weight is 854 g/mol. The predicted octanol–water partition coefficient (Wildman–Crippen LogP) is 4.24. The van der Waals surface area contributed by atoms with Gasteiger partial charge in [0.1, 0.15) is 12.1 Å². The second kappa shape index (κ2) is 17.5. The third kappa shape index (κ3) is 8.87. The second-order valence-electron chi connectivity index (χ2n) is 17.8. The van der Waals surface area contributed by atoms with Gasteiger partial charge in [0.25, 0.3) is 5.91 Å². The Bertz CT molecular complexity index is 2360. The van der Waals surface area contributed by atoms with Crippen LogP contribution in [0.3, 0.4) is 0 Å². The van der Waals surface area contributed by atoms with Crippen LogP contribution in [-0.4, -0.2) is 132 Å². The lowest BCUT2D eigenvalue weighted by atomic mass is 10.1. The first-order valence-electron chi connectivity index (χ1n) is 22.5. The topological polar surface area (TPSA) is 170 Å². The van der Waals surface area contributed by atoms with E-state index in [1.54, 1.807) is 12.1 Å². The van der Waals surface area contributed by atoms with Crippen molar-refractivity contribution in [2.24, 2.45) is 0 Å². The summed E-state index contributed by atoms with van der Waals surface area (Å²) >= 11 is 0. The third-order valence-electron chi connectivity index (χ3n) is 13.5. The summed E-state index contributed by atoms with van der Waals surface area (Å²) in [6.45, 7) is 10.8. The van der Waals surface area contributed by atoms with Gasteiger partial charge in [0.2, 0.25) is 11.8 Å². The molecular weight excluding hydrogens is 799 g/mol. The lowest BCUT2D eigenvalue weighted by Crippen LogP contribution is -2.46. The van der Waals surface area contributed by atoms with Crippen molar-refractivity contribution in [2.75, 3.05) is 95.7 Å². The highest BCUT2D eigenvalue weighted by molar-refractivity contribution is 6.04. The van der Waals surface area contributed by atoms with Crippen LogP contribution >= 0.6 is 0 Å². The van der Waals surface area contributed by atoms with Gasteiger partial charge < -0.3 is 40.7 Å². The number of amides is 3. The summed E-state index contributed by atoms with van der Waals surface area (Å²) in [5.74, 6) is 1.13. The van der Waals surface area contributed by atoms with E-state index < -0.39 is 5.97 Å². The molecule has 7 aliphatic rings. The Morgan fingerprint density at radius 2 is 1.05 bits per heavy atom. The first-order valence-corrected chi connectivity index (χ1v) is 22.5. The molecule has 16 heteroatoms. The van der Waals surface area contributed by atoms with Gasteiger partial charge in [0, 0.05) is 114 Å². The summed E-state index contributed by atoms with van der Waals surface area (Å²) in [5.41, 5.74) is 7.17. The van der Waals surface area contributed by atoms with E-state index in [-0.39, 0.29) is 29.8 Å². The van der Waals surface area contributed by atoms with E-state index >= 15 is 0 Å². The van der Waals surface area contributed by atoms with Crippen molar-refractivity contribution < 1.29 is 24.3 Å². The van der Waals surface area contributed by atoms with Gasteiger partial charge >= 0.3 is 5.97 Å². The Morgan fingerprint density at radius 1 is 0.603 bits per heavy atom. The zero-order chi connectivity index (χ0) is 43.0. The van der Waals surface area contributed by atoms with Crippen LogP contribution < -0.4 is 35.6 Å². The highest BCUT2D eigenvalue weighted by atomic mass is 16.4. The van der Waals surface area contributed by atoms with Gasteiger partial charge in [0.15, 0.2) is 11.6 Å². The molecule has 8 heterocycles. The van der Waals surface area contributed by atoms with Gasteiger partial charge in [-0.1, -0.05) is 0 Å². The number of aromatic nitrogens is 2. The van der Waals surface area contributed by atoms with Crippen LogP contribution in [0.5, 0.6) is 0 Å². The maximum atomic E-state index is 12.4. The van der Waals surface area contributed by atoms with Crippen LogP contribution in [0.25, 0.3) is 0 Å². The number of aromatic carboxylic acids is 1. The maximum absolute atomic E-state index is 12.4. The molecule has 5 fully saturated rings. The number of carbonyl (C=O) groups is 4. The molecule has 3 amide bonds. The van der Waals surface area contributed by atoms with Gasteiger partial charge in [-0.3, -0.25) is 24.2 Å². The Hall–Kier alpha value is -6.26. The van der Waals surface area contributed by atoms with Crippen molar-refractivity contribution in [2.45, 2.75) is 69.7 Å². The zero-order valence-electron chi connectivity index (χ0n) is 35.5. The normalized spacial score (nSPS) is 21.9. The van der Waals surface area contributed by atoms with Crippen LogP contribution in [0.4, 0.5) is 34.4 Å². The Labute approximate surface area is 367 Å². The minimum atomic E-state index is -0.901. The van der Waals surface area contributed by atoms with E-state index in [0.717, 1.165) is 168 Å². The molecule has 0 unspecified atom stereocenters.